The Kier molecular flexibility index (Phi) is 2.38. The van der Waals surface area contributed by atoms with Crippen LogP contribution in [0.25, 0.3) is 28.2 Å². The fraction of sp³-hybridized carbons (Fsp3) is 0.0714. The number of nitrogens with zero attached hydrogens (tertiary/aromatic N) is 3. The summed E-state index contributed by atoms with van der Waals surface area (Å²) in [6.45, 7) is 0. The molecule has 0 bridgehead atoms. The highest BCUT2D eigenvalue weighted by Gasteiger charge is 2.15. The van der Waals surface area contributed by atoms with Gasteiger partial charge in [0.15, 0.2) is 11.2 Å². The van der Waals surface area contributed by atoms with Gasteiger partial charge in [-0.15, -0.1) is 0 Å². The van der Waals surface area contributed by atoms with Gasteiger partial charge in [0.05, 0.1) is 5.69 Å². The van der Waals surface area contributed by atoms with Crippen LogP contribution in [0.5, 0.6) is 0 Å². The quantitative estimate of drug-likeness (QED) is 0.550. The van der Waals surface area contributed by atoms with Gasteiger partial charge >= 0.3 is 5.69 Å². The lowest BCUT2D eigenvalue weighted by atomic mass is 10.2. The highest BCUT2D eigenvalue weighted by atomic mass is 19.1. The second-order valence-electron chi connectivity index (χ2n) is 4.97. The van der Waals surface area contributed by atoms with Crippen molar-refractivity contribution in [2.45, 2.75) is 0 Å². The van der Waals surface area contributed by atoms with Gasteiger partial charge < -0.3 is 4.98 Å². The molecule has 3 aromatic heterocycles. The van der Waals surface area contributed by atoms with Crippen molar-refractivity contribution in [1.82, 2.24) is 23.9 Å². The third-order valence-corrected chi connectivity index (χ3v) is 3.61. The maximum absolute atomic E-state index is 13.0. The van der Waals surface area contributed by atoms with E-state index in [-0.39, 0.29) is 11.3 Å². The van der Waals surface area contributed by atoms with Gasteiger partial charge in [-0.25, -0.2) is 9.18 Å². The average Bonchev–Trinajstić information content (AvgIpc) is 3.03. The summed E-state index contributed by atoms with van der Waals surface area (Å²) in [6.07, 6.45) is 1.69. The van der Waals surface area contributed by atoms with Gasteiger partial charge in [0.1, 0.15) is 5.82 Å². The van der Waals surface area contributed by atoms with Crippen LogP contribution in [0.3, 0.4) is 0 Å². The van der Waals surface area contributed by atoms with Crippen molar-refractivity contribution < 1.29 is 4.39 Å². The van der Waals surface area contributed by atoms with E-state index in [1.54, 1.807) is 22.7 Å². The molecule has 1 aromatic carbocycles. The number of nitrogens with one attached hydrogen (secondary N) is 2. The first-order valence-electron chi connectivity index (χ1n) is 6.50. The first-order chi connectivity index (χ1) is 10.5. The van der Waals surface area contributed by atoms with E-state index in [1.807, 2.05) is 0 Å². The van der Waals surface area contributed by atoms with Crippen LogP contribution < -0.4 is 11.2 Å². The van der Waals surface area contributed by atoms with Crippen LogP contribution in [0.1, 0.15) is 0 Å². The Labute approximate surface area is 121 Å². The summed E-state index contributed by atoms with van der Waals surface area (Å²) in [7, 11) is 1.54. The summed E-state index contributed by atoms with van der Waals surface area (Å²) in [4.78, 5) is 33.2. The Balaban J connectivity index is 2.04. The summed E-state index contributed by atoms with van der Waals surface area (Å²) in [5.41, 5.74) is 1.01. The topological polar surface area (TPSA) is 87.9 Å². The monoisotopic (exact) mass is 299 g/mol. The van der Waals surface area contributed by atoms with Crippen molar-refractivity contribution >= 4 is 16.9 Å². The number of halogens is 1. The lowest BCUT2D eigenvalue weighted by Crippen LogP contribution is -2.28. The molecule has 0 radical (unpaired) electrons. The van der Waals surface area contributed by atoms with Crippen LogP contribution >= 0.6 is 0 Å². The van der Waals surface area contributed by atoms with E-state index < -0.39 is 11.2 Å². The molecular weight excluding hydrogens is 289 g/mol. The molecule has 0 aliphatic rings. The number of hydrogen-bond donors (Lipinski definition) is 2. The van der Waals surface area contributed by atoms with Crippen molar-refractivity contribution in [3.63, 3.8) is 0 Å². The van der Waals surface area contributed by atoms with Gasteiger partial charge in [0.2, 0.25) is 5.78 Å². The second kappa shape index (κ2) is 4.17. The van der Waals surface area contributed by atoms with E-state index >= 15 is 0 Å². The number of aryl methyl sites for hydroxylation is 1. The molecule has 0 aliphatic heterocycles. The molecule has 0 saturated heterocycles. The molecule has 0 atom stereocenters. The SMILES string of the molecule is Cn1c(=O)[nH]c(=O)c2c1nc1[nH]c(-c3ccc(F)cc3)cn12. The van der Waals surface area contributed by atoms with Gasteiger partial charge in [-0.1, -0.05) is 0 Å². The van der Waals surface area contributed by atoms with Gasteiger partial charge in [0, 0.05) is 13.2 Å². The van der Waals surface area contributed by atoms with Gasteiger partial charge in [0.25, 0.3) is 5.56 Å². The molecule has 0 saturated carbocycles. The smallest absolute Gasteiger partial charge is 0.323 e. The fourth-order valence-electron chi connectivity index (χ4n) is 2.47. The summed E-state index contributed by atoms with van der Waals surface area (Å²) in [5, 5.41) is 0. The van der Waals surface area contributed by atoms with Crippen molar-refractivity contribution in [3.05, 3.63) is 57.1 Å². The second-order valence-corrected chi connectivity index (χ2v) is 4.97. The molecule has 110 valence electrons. The third-order valence-electron chi connectivity index (χ3n) is 3.61. The van der Waals surface area contributed by atoms with Crippen molar-refractivity contribution in [1.29, 1.82) is 0 Å². The zero-order valence-corrected chi connectivity index (χ0v) is 11.4. The summed E-state index contributed by atoms with van der Waals surface area (Å²) in [6, 6.07) is 5.96. The van der Waals surface area contributed by atoms with E-state index in [4.69, 9.17) is 0 Å². The number of hydrogen-bond acceptors (Lipinski definition) is 3. The number of aromatic amines is 2. The number of aromatic nitrogens is 5. The Morgan fingerprint density at radius 3 is 2.59 bits per heavy atom. The van der Waals surface area contributed by atoms with E-state index in [1.165, 1.54) is 23.7 Å². The first-order valence-corrected chi connectivity index (χ1v) is 6.50. The van der Waals surface area contributed by atoms with E-state index in [0.717, 1.165) is 5.56 Å². The van der Waals surface area contributed by atoms with Crippen molar-refractivity contribution in [3.8, 4) is 11.3 Å². The molecule has 0 unspecified atom stereocenters. The highest BCUT2D eigenvalue weighted by Crippen LogP contribution is 2.21. The molecule has 4 aromatic rings. The number of H-pyrrole nitrogens is 2. The molecule has 0 spiro atoms. The molecule has 0 aliphatic carbocycles. The zero-order chi connectivity index (χ0) is 15.4. The van der Waals surface area contributed by atoms with Crippen molar-refractivity contribution in [2.75, 3.05) is 0 Å². The first kappa shape index (κ1) is 12.6. The zero-order valence-electron chi connectivity index (χ0n) is 11.4. The van der Waals surface area contributed by atoms with Crippen molar-refractivity contribution in [2.24, 2.45) is 7.05 Å². The normalized spacial score (nSPS) is 11.5. The van der Waals surface area contributed by atoms with Crippen LogP contribution in [0.4, 0.5) is 4.39 Å². The molecular formula is C14H10FN5O2. The van der Waals surface area contributed by atoms with Gasteiger partial charge in [-0.3, -0.25) is 18.7 Å². The molecule has 8 heteroatoms. The van der Waals surface area contributed by atoms with Crippen LogP contribution in [0.15, 0.2) is 40.1 Å². The molecule has 7 nitrogen and oxygen atoms in total. The predicted octanol–water partition coefficient (Wildman–Crippen LogP) is 1.01. The Bertz CT molecular complexity index is 1130. The minimum absolute atomic E-state index is 0.279. The Morgan fingerprint density at radius 1 is 1.14 bits per heavy atom. The minimum atomic E-state index is -0.517. The molecule has 4 rings (SSSR count). The Hall–Kier alpha value is -3.16. The maximum atomic E-state index is 13.0. The molecule has 0 amide bonds. The predicted molar refractivity (Wildman–Crippen MR) is 78.3 cm³/mol. The standard InChI is InChI=1S/C14H10FN5O2/c1-19-11-10(12(21)18-14(19)22)20-6-9(16-13(20)17-11)7-2-4-8(15)5-3-7/h2-6H,1H3,(H,16,17)(H,18,21,22). The summed E-state index contributed by atoms with van der Waals surface area (Å²) < 4.78 is 15.8. The average molecular weight is 299 g/mol. The minimum Gasteiger partial charge on any atom is -0.323 e. The van der Waals surface area contributed by atoms with E-state index in [9.17, 15) is 14.0 Å². The molecule has 2 N–H and O–H groups in total. The van der Waals surface area contributed by atoms with Crippen LogP contribution in [-0.4, -0.2) is 23.9 Å². The number of fused-ring (bicyclic) bond motifs is 3. The van der Waals surface area contributed by atoms with E-state index in [2.05, 4.69) is 15.0 Å². The lowest BCUT2D eigenvalue weighted by Gasteiger charge is -1.98. The van der Waals surface area contributed by atoms with Gasteiger partial charge in [-0.2, -0.15) is 4.98 Å². The number of rotatable bonds is 1. The Morgan fingerprint density at radius 2 is 1.86 bits per heavy atom. The largest absolute Gasteiger partial charge is 0.329 e. The summed E-state index contributed by atoms with van der Waals surface area (Å²) >= 11 is 0. The summed E-state index contributed by atoms with van der Waals surface area (Å²) in [5.74, 6) is 0.109. The molecule has 0 fully saturated rings. The number of benzene rings is 1. The van der Waals surface area contributed by atoms with Crippen LogP contribution in [-0.2, 0) is 7.05 Å². The van der Waals surface area contributed by atoms with E-state index in [0.29, 0.717) is 17.1 Å². The fourth-order valence-corrected chi connectivity index (χ4v) is 2.47. The third kappa shape index (κ3) is 1.63. The van der Waals surface area contributed by atoms with Crippen LogP contribution in [0.2, 0.25) is 0 Å². The van der Waals surface area contributed by atoms with Gasteiger partial charge in [-0.05, 0) is 29.8 Å². The highest BCUT2D eigenvalue weighted by molar-refractivity contribution is 5.77. The lowest BCUT2D eigenvalue weighted by molar-refractivity contribution is 0.628. The van der Waals surface area contributed by atoms with Crippen LogP contribution in [0, 0.1) is 5.82 Å². The molecule has 3 heterocycles. The maximum Gasteiger partial charge on any atom is 0.329 e. The number of imidazole rings is 2. The molecule has 22 heavy (non-hydrogen) atoms.